The Kier molecular flexibility index (Phi) is 5.23. The quantitative estimate of drug-likeness (QED) is 0.824. The number of hydrogen-bond acceptors (Lipinski definition) is 1. The van der Waals surface area contributed by atoms with Gasteiger partial charge in [0.05, 0.1) is 0 Å². The third-order valence-electron chi connectivity index (χ3n) is 4.25. The first kappa shape index (κ1) is 14.8. The highest BCUT2D eigenvalue weighted by Crippen LogP contribution is 2.37. The molecule has 0 heterocycles. The SMILES string of the molecule is CCNC(c1ccc(Cl)cc1F)C1CCC(C)CC1. The van der Waals surface area contributed by atoms with E-state index in [0.29, 0.717) is 10.9 Å². The van der Waals surface area contributed by atoms with Crippen LogP contribution in [0.4, 0.5) is 4.39 Å². The molecule has 0 amide bonds. The largest absolute Gasteiger partial charge is 0.310 e. The molecule has 1 atom stereocenters. The van der Waals surface area contributed by atoms with Crippen LogP contribution in [0.15, 0.2) is 18.2 Å². The van der Waals surface area contributed by atoms with E-state index in [1.807, 2.05) is 6.07 Å². The standard InChI is InChI=1S/C16H23ClFN/c1-3-19-16(12-6-4-11(2)5-7-12)14-9-8-13(17)10-15(14)18/h8-12,16,19H,3-7H2,1-2H3. The average Bonchev–Trinajstić information content (AvgIpc) is 2.38. The molecule has 1 aromatic carbocycles. The normalized spacial score (nSPS) is 25.3. The van der Waals surface area contributed by atoms with Gasteiger partial charge in [-0.15, -0.1) is 0 Å². The van der Waals surface area contributed by atoms with Crippen molar-refractivity contribution in [3.8, 4) is 0 Å². The van der Waals surface area contributed by atoms with Crippen LogP contribution in [0, 0.1) is 17.7 Å². The van der Waals surface area contributed by atoms with Gasteiger partial charge in [0.2, 0.25) is 0 Å². The molecule has 1 fully saturated rings. The summed E-state index contributed by atoms with van der Waals surface area (Å²) in [5, 5.41) is 3.93. The molecule has 1 saturated carbocycles. The monoisotopic (exact) mass is 283 g/mol. The predicted octanol–water partition coefficient (Wildman–Crippen LogP) is 4.96. The first-order chi connectivity index (χ1) is 9.11. The van der Waals surface area contributed by atoms with Crippen LogP contribution >= 0.6 is 11.6 Å². The Morgan fingerprint density at radius 1 is 1.32 bits per heavy atom. The molecule has 0 saturated heterocycles. The minimum atomic E-state index is -0.183. The van der Waals surface area contributed by atoms with Crippen LogP contribution in [-0.2, 0) is 0 Å². The van der Waals surface area contributed by atoms with E-state index in [-0.39, 0.29) is 11.9 Å². The molecule has 0 bridgehead atoms. The summed E-state index contributed by atoms with van der Waals surface area (Å²) in [4.78, 5) is 0. The van der Waals surface area contributed by atoms with Gasteiger partial charge >= 0.3 is 0 Å². The minimum Gasteiger partial charge on any atom is -0.310 e. The summed E-state index contributed by atoms with van der Waals surface area (Å²) in [6, 6.07) is 5.17. The van der Waals surface area contributed by atoms with E-state index in [0.717, 1.165) is 18.0 Å². The molecule has 1 aromatic rings. The molecule has 1 aliphatic rings. The Labute approximate surface area is 120 Å². The highest BCUT2D eigenvalue weighted by Gasteiger charge is 2.28. The Morgan fingerprint density at radius 2 is 2.00 bits per heavy atom. The summed E-state index contributed by atoms with van der Waals surface area (Å²) in [5.74, 6) is 1.16. The van der Waals surface area contributed by atoms with Gasteiger partial charge in [0, 0.05) is 16.6 Å². The van der Waals surface area contributed by atoms with E-state index >= 15 is 0 Å². The Hall–Kier alpha value is -0.600. The molecule has 19 heavy (non-hydrogen) atoms. The zero-order chi connectivity index (χ0) is 13.8. The van der Waals surface area contributed by atoms with Crippen molar-refractivity contribution in [1.29, 1.82) is 0 Å². The van der Waals surface area contributed by atoms with E-state index in [1.165, 1.54) is 31.7 Å². The van der Waals surface area contributed by atoms with Gasteiger partial charge in [-0.1, -0.05) is 44.4 Å². The molecule has 0 spiro atoms. The van der Waals surface area contributed by atoms with Crippen molar-refractivity contribution in [2.24, 2.45) is 11.8 Å². The molecule has 106 valence electrons. The van der Waals surface area contributed by atoms with Crippen molar-refractivity contribution in [1.82, 2.24) is 5.32 Å². The zero-order valence-corrected chi connectivity index (χ0v) is 12.5. The molecule has 0 aliphatic heterocycles. The first-order valence-electron chi connectivity index (χ1n) is 7.30. The van der Waals surface area contributed by atoms with Crippen LogP contribution in [0.5, 0.6) is 0 Å². The summed E-state index contributed by atoms with van der Waals surface area (Å²) in [5.41, 5.74) is 0.769. The summed E-state index contributed by atoms with van der Waals surface area (Å²) in [7, 11) is 0. The van der Waals surface area contributed by atoms with Gasteiger partial charge in [-0.05, 0) is 43.4 Å². The maximum atomic E-state index is 14.1. The minimum absolute atomic E-state index is 0.120. The summed E-state index contributed by atoms with van der Waals surface area (Å²) >= 11 is 5.84. The van der Waals surface area contributed by atoms with Gasteiger partial charge in [-0.2, -0.15) is 0 Å². The molecular formula is C16H23ClFN. The lowest BCUT2D eigenvalue weighted by Gasteiger charge is -2.33. The van der Waals surface area contributed by atoms with Crippen LogP contribution < -0.4 is 5.32 Å². The van der Waals surface area contributed by atoms with Crippen LogP contribution in [0.25, 0.3) is 0 Å². The number of rotatable bonds is 4. The van der Waals surface area contributed by atoms with E-state index in [2.05, 4.69) is 19.2 Å². The van der Waals surface area contributed by atoms with Gasteiger partial charge < -0.3 is 5.32 Å². The Bertz CT molecular complexity index is 413. The van der Waals surface area contributed by atoms with Gasteiger partial charge in [-0.3, -0.25) is 0 Å². The van der Waals surface area contributed by atoms with Gasteiger partial charge in [0.1, 0.15) is 5.82 Å². The van der Waals surface area contributed by atoms with Crippen LogP contribution in [-0.4, -0.2) is 6.54 Å². The average molecular weight is 284 g/mol. The second kappa shape index (κ2) is 6.71. The molecule has 1 unspecified atom stereocenters. The molecule has 1 nitrogen and oxygen atoms in total. The van der Waals surface area contributed by atoms with Crippen molar-refractivity contribution in [3.05, 3.63) is 34.6 Å². The topological polar surface area (TPSA) is 12.0 Å². The Balaban J connectivity index is 2.19. The maximum Gasteiger partial charge on any atom is 0.129 e. The highest BCUT2D eigenvalue weighted by molar-refractivity contribution is 6.30. The third-order valence-corrected chi connectivity index (χ3v) is 4.49. The summed E-state index contributed by atoms with van der Waals surface area (Å²) in [6.07, 6.45) is 4.87. The third kappa shape index (κ3) is 3.70. The second-order valence-corrected chi connectivity index (χ2v) is 6.16. The molecule has 2 rings (SSSR count). The van der Waals surface area contributed by atoms with Crippen molar-refractivity contribution in [2.45, 2.75) is 45.6 Å². The van der Waals surface area contributed by atoms with Crippen LogP contribution in [0.3, 0.4) is 0 Å². The number of nitrogens with one attached hydrogen (secondary N) is 1. The lowest BCUT2D eigenvalue weighted by atomic mass is 9.77. The van der Waals surface area contributed by atoms with Crippen molar-refractivity contribution in [2.75, 3.05) is 6.54 Å². The van der Waals surface area contributed by atoms with Gasteiger partial charge in [0.15, 0.2) is 0 Å². The van der Waals surface area contributed by atoms with Gasteiger partial charge in [-0.25, -0.2) is 4.39 Å². The molecule has 0 radical (unpaired) electrons. The number of hydrogen-bond donors (Lipinski definition) is 1. The van der Waals surface area contributed by atoms with E-state index in [1.54, 1.807) is 6.07 Å². The lowest BCUT2D eigenvalue weighted by Crippen LogP contribution is -2.31. The molecule has 3 heteroatoms. The molecule has 0 aromatic heterocycles. The molecule has 1 N–H and O–H groups in total. The maximum absolute atomic E-state index is 14.1. The number of halogens is 2. The first-order valence-corrected chi connectivity index (χ1v) is 7.68. The summed E-state index contributed by atoms with van der Waals surface area (Å²) < 4.78 is 14.1. The zero-order valence-electron chi connectivity index (χ0n) is 11.8. The fourth-order valence-corrected chi connectivity index (χ4v) is 3.28. The fourth-order valence-electron chi connectivity index (χ4n) is 3.12. The Morgan fingerprint density at radius 3 is 2.58 bits per heavy atom. The van der Waals surface area contributed by atoms with E-state index in [9.17, 15) is 4.39 Å². The highest BCUT2D eigenvalue weighted by atomic mass is 35.5. The van der Waals surface area contributed by atoms with E-state index in [4.69, 9.17) is 11.6 Å². The smallest absolute Gasteiger partial charge is 0.129 e. The molecule has 1 aliphatic carbocycles. The van der Waals surface area contributed by atoms with Crippen molar-refractivity contribution < 1.29 is 4.39 Å². The summed E-state index contributed by atoms with van der Waals surface area (Å²) in [6.45, 7) is 5.24. The van der Waals surface area contributed by atoms with Crippen LogP contribution in [0.2, 0.25) is 5.02 Å². The van der Waals surface area contributed by atoms with Crippen LogP contribution in [0.1, 0.15) is 51.1 Å². The molecular weight excluding hydrogens is 261 g/mol. The van der Waals surface area contributed by atoms with Crippen molar-refractivity contribution in [3.63, 3.8) is 0 Å². The van der Waals surface area contributed by atoms with Crippen molar-refractivity contribution >= 4 is 11.6 Å². The van der Waals surface area contributed by atoms with Gasteiger partial charge in [0.25, 0.3) is 0 Å². The van der Waals surface area contributed by atoms with E-state index < -0.39 is 0 Å². The fraction of sp³-hybridized carbons (Fsp3) is 0.625. The lowest BCUT2D eigenvalue weighted by molar-refractivity contribution is 0.230. The number of benzene rings is 1. The second-order valence-electron chi connectivity index (χ2n) is 5.72. The predicted molar refractivity (Wildman–Crippen MR) is 78.9 cm³/mol.